The van der Waals surface area contributed by atoms with Crippen LogP contribution >= 0.6 is 0 Å². The molecule has 0 saturated carbocycles. The summed E-state index contributed by atoms with van der Waals surface area (Å²) in [5.41, 5.74) is 1.59. The highest BCUT2D eigenvalue weighted by atomic mass is 16.5. The second kappa shape index (κ2) is 6.19. The first-order valence-corrected chi connectivity index (χ1v) is 7.37. The van der Waals surface area contributed by atoms with Crippen molar-refractivity contribution in [1.82, 2.24) is 4.98 Å². The first-order chi connectivity index (χ1) is 10.7. The number of carbonyl (C=O) groups is 1. The first-order valence-electron chi connectivity index (χ1n) is 7.37. The average molecular weight is 302 g/mol. The molecule has 1 atom stereocenters. The van der Waals surface area contributed by atoms with Crippen molar-refractivity contribution in [3.05, 3.63) is 41.6 Å². The van der Waals surface area contributed by atoms with E-state index in [1.165, 1.54) is 6.39 Å². The highest BCUT2D eigenvalue weighted by Crippen LogP contribution is 2.31. The second-order valence-corrected chi connectivity index (χ2v) is 5.23. The molecule has 2 heterocycles. The molecule has 1 aromatic heterocycles. The molecular formula is C16H18N2O4. The van der Waals surface area contributed by atoms with E-state index in [1.807, 2.05) is 13.0 Å². The highest BCUT2D eigenvalue weighted by molar-refractivity contribution is 6.04. The van der Waals surface area contributed by atoms with E-state index < -0.39 is 5.91 Å². The number of oxazole rings is 1. The largest absolute Gasteiger partial charge is 0.506 e. The van der Waals surface area contributed by atoms with E-state index in [4.69, 9.17) is 9.15 Å². The van der Waals surface area contributed by atoms with Crippen LogP contribution in [0, 0.1) is 0 Å². The van der Waals surface area contributed by atoms with Gasteiger partial charge in [-0.25, -0.2) is 4.98 Å². The van der Waals surface area contributed by atoms with Crippen LogP contribution in [-0.2, 0) is 11.2 Å². The summed E-state index contributed by atoms with van der Waals surface area (Å²) in [7, 11) is 0. The zero-order valence-corrected chi connectivity index (χ0v) is 12.3. The number of hydrogen-bond donors (Lipinski definition) is 2. The van der Waals surface area contributed by atoms with Gasteiger partial charge in [-0.1, -0.05) is 13.0 Å². The Hall–Kier alpha value is -2.34. The lowest BCUT2D eigenvalue weighted by molar-refractivity contribution is 0.0889. The van der Waals surface area contributed by atoms with Gasteiger partial charge in [0.25, 0.3) is 5.91 Å². The molecule has 1 amide bonds. The SMILES string of the molecule is CCc1ccc(O)c(NC(=O)c2ncoc2[C@H]2CCCO2)c1. The lowest BCUT2D eigenvalue weighted by Gasteiger charge is -2.10. The van der Waals surface area contributed by atoms with E-state index in [0.29, 0.717) is 18.1 Å². The number of carbonyl (C=O) groups excluding carboxylic acids is 1. The Balaban J connectivity index is 1.82. The number of rotatable bonds is 4. The lowest BCUT2D eigenvalue weighted by atomic mass is 10.1. The van der Waals surface area contributed by atoms with E-state index in [-0.39, 0.29) is 17.5 Å². The Morgan fingerprint density at radius 1 is 1.50 bits per heavy atom. The molecule has 2 aromatic rings. The maximum Gasteiger partial charge on any atom is 0.278 e. The molecule has 2 N–H and O–H groups in total. The Labute approximate surface area is 128 Å². The van der Waals surface area contributed by atoms with Gasteiger partial charge in [0.2, 0.25) is 0 Å². The molecule has 0 bridgehead atoms. The first kappa shape index (κ1) is 14.6. The van der Waals surface area contributed by atoms with Gasteiger partial charge in [0.15, 0.2) is 17.8 Å². The zero-order chi connectivity index (χ0) is 15.5. The zero-order valence-electron chi connectivity index (χ0n) is 12.3. The van der Waals surface area contributed by atoms with Crippen LogP contribution in [0.1, 0.15) is 47.7 Å². The second-order valence-electron chi connectivity index (χ2n) is 5.23. The number of anilines is 1. The number of nitrogens with zero attached hydrogens (tertiary/aromatic N) is 1. The predicted octanol–water partition coefficient (Wildman–Crippen LogP) is 3.05. The van der Waals surface area contributed by atoms with E-state index >= 15 is 0 Å². The summed E-state index contributed by atoms with van der Waals surface area (Å²) < 4.78 is 10.9. The number of phenols is 1. The Morgan fingerprint density at radius 2 is 2.36 bits per heavy atom. The van der Waals surface area contributed by atoms with Crippen LogP contribution in [0.15, 0.2) is 29.0 Å². The average Bonchev–Trinajstić information content (AvgIpc) is 3.19. The Morgan fingerprint density at radius 3 is 3.09 bits per heavy atom. The third kappa shape index (κ3) is 2.82. The maximum atomic E-state index is 12.4. The Bertz CT molecular complexity index is 675. The quantitative estimate of drug-likeness (QED) is 0.848. The highest BCUT2D eigenvalue weighted by Gasteiger charge is 2.28. The number of phenolic OH excluding ortho intramolecular Hbond substituents is 1. The fourth-order valence-electron chi connectivity index (χ4n) is 2.52. The summed E-state index contributed by atoms with van der Waals surface area (Å²) in [6.45, 7) is 2.66. The molecule has 6 nitrogen and oxygen atoms in total. The number of aromatic hydroxyl groups is 1. The molecule has 22 heavy (non-hydrogen) atoms. The lowest BCUT2D eigenvalue weighted by Crippen LogP contribution is -2.15. The molecule has 0 radical (unpaired) electrons. The summed E-state index contributed by atoms with van der Waals surface area (Å²) in [6.07, 6.45) is 3.58. The number of amides is 1. The minimum Gasteiger partial charge on any atom is -0.506 e. The molecule has 1 saturated heterocycles. The van der Waals surface area contributed by atoms with Crippen LogP contribution in [0.4, 0.5) is 5.69 Å². The van der Waals surface area contributed by atoms with E-state index in [9.17, 15) is 9.90 Å². The van der Waals surface area contributed by atoms with Crippen molar-refractivity contribution < 1.29 is 19.1 Å². The van der Waals surface area contributed by atoms with Crippen LogP contribution in [0.25, 0.3) is 0 Å². The van der Waals surface area contributed by atoms with Gasteiger partial charge in [-0.2, -0.15) is 0 Å². The standard InChI is InChI=1S/C16H18N2O4/c1-2-10-5-6-12(19)11(8-10)18-16(20)14-15(22-9-17-14)13-4-3-7-21-13/h5-6,8-9,13,19H,2-4,7H2,1H3,(H,18,20)/t13-/m1/s1. The molecule has 0 unspecified atom stereocenters. The van der Waals surface area contributed by atoms with Crippen molar-refractivity contribution in [1.29, 1.82) is 0 Å². The van der Waals surface area contributed by atoms with Gasteiger partial charge in [-0.05, 0) is 37.0 Å². The molecule has 1 aliphatic heterocycles. The number of ether oxygens (including phenoxy) is 1. The maximum absolute atomic E-state index is 12.4. The van der Waals surface area contributed by atoms with Gasteiger partial charge >= 0.3 is 0 Å². The van der Waals surface area contributed by atoms with Crippen molar-refractivity contribution in [2.45, 2.75) is 32.3 Å². The predicted molar refractivity (Wildman–Crippen MR) is 79.9 cm³/mol. The molecule has 116 valence electrons. The molecular weight excluding hydrogens is 284 g/mol. The minimum atomic E-state index is -0.414. The van der Waals surface area contributed by atoms with Crippen molar-refractivity contribution >= 4 is 11.6 Å². The van der Waals surface area contributed by atoms with Crippen LogP contribution in [-0.4, -0.2) is 22.6 Å². The minimum absolute atomic E-state index is 0.0210. The molecule has 6 heteroatoms. The van der Waals surface area contributed by atoms with Gasteiger partial charge in [0.1, 0.15) is 11.9 Å². The molecule has 0 spiro atoms. The van der Waals surface area contributed by atoms with Crippen LogP contribution in [0.3, 0.4) is 0 Å². The number of aryl methyl sites for hydroxylation is 1. The number of hydrogen-bond acceptors (Lipinski definition) is 5. The third-order valence-electron chi connectivity index (χ3n) is 3.75. The molecule has 1 fully saturated rings. The van der Waals surface area contributed by atoms with Gasteiger partial charge in [0, 0.05) is 6.61 Å². The number of nitrogens with one attached hydrogen (secondary N) is 1. The summed E-state index contributed by atoms with van der Waals surface area (Å²) in [6, 6.07) is 5.14. The van der Waals surface area contributed by atoms with Gasteiger partial charge in [-0.15, -0.1) is 0 Å². The van der Waals surface area contributed by atoms with Crippen molar-refractivity contribution in [3.63, 3.8) is 0 Å². The van der Waals surface area contributed by atoms with E-state index in [1.54, 1.807) is 12.1 Å². The smallest absolute Gasteiger partial charge is 0.278 e. The Kier molecular flexibility index (Phi) is 4.11. The van der Waals surface area contributed by atoms with Crippen molar-refractivity contribution in [2.24, 2.45) is 0 Å². The molecule has 3 rings (SSSR count). The van der Waals surface area contributed by atoms with E-state index in [0.717, 1.165) is 24.8 Å². The van der Waals surface area contributed by atoms with Crippen molar-refractivity contribution in [3.8, 4) is 5.75 Å². The van der Waals surface area contributed by atoms with Crippen LogP contribution < -0.4 is 5.32 Å². The summed E-state index contributed by atoms with van der Waals surface area (Å²) >= 11 is 0. The van der Waals surface area contributed by atoms with Crippen LogP contribution in [0.5, 0.6) is 5.75 Å². The fraction of sp³-hybridized carbons (Fsp3) is 0.375. The molecule has 0 aliphatic carbocycles. The topological polar surface area (TPSA) is 84.6 Å². The van der Waals surface area contributed by atoms with Gasteiger partial charge in [-0.3, -0.25) is 4.79 Å². The van der Waals surface area contributed by atoms with Gasteiger partial charge < -0.3 is 19.6 Å². The summed E-state index contributed by atoms with van der Waals surface area (Å²) in [4.78, 5) is 16.4. The molecule has 1 aliphatic rings. The van der Waals surface area contributed by atoms with Gasteiger partial charge in [0.05, 0.1) is 5.69 Å². The number of benzene rings is 1. The van der Waals surface area contributed by atoms with E-state index in [2.05, 4.69) is 10.3 Å². The third-order valence-corrected chi connectivity index (χ3v) is 3.75. The normalized spacial score (nSPS) is 17.6. The fourth-order valence-corrected chi connectivity index (χ4v) is 2.52. The van der Waals surface area contributed by atoms with Crippen LogP contribution in [0.2, 0.25) is 0 Å². The molecule has 1 aromatic carbocycles. The van der Waals surface area contributed by atoms with Crippen molar-refractivity contribution in [2.75, 3.05) is 11.9 Å². The summed E-state index contributed by atoms with van der Waals surface area (Å²) in [5, 5.41) is 12.6. The summed E-state index contributed by atoms with van der Waals surface area (Å²) in [5.74, 6) is 0.0525. The monoisotopic (exact) mass is 302 g/mol. The number of aromatic nitrogens is 1.